The fourth-order valence-corrected chi connectivity index (χ4v) is 1.57. The van der Waals surface area contributed by atoms with Gasteiger partial charge >= 0.3 is 0 Å². The summed E-state index contributed by atoms with van der Waals surface area (Å²) in [6.45, 7) is 4.42. The molecule has 1 aromatic carbocycles. The summed E-state index contributed by atoms with van der Waals surface area (Å²) in [5, 5.41) is 1.22. The van der Waals surface area contributed by atoms with Crippen LogP contribution in [0.15, 0.2) is 36.4 Å². The lowest BCUT2D eigenvalue weighted by molar-refractivity contribution is 0.712. The molecule has 0 radical (unpaired) electrons. The van der Waals surface area contributed by atoms with Crippen molar-refractivity contribution >= 4 is 10.9 Å². The summed E-state index contributed by atoms with van der Waals surface area (Å²) in [7, 11) is 0. The Hall–Kier alpha value is -1.37. The zero-order valence-corrected chi connectivity index (χ0v) is 8.70. The molecule has 1 heterocycles. The monoisotopic (exact) mass is 185 g/mol. The van der Waals surface area contributed by atoms with Gasteiger partial charge in [-0.3, -0.25) is 4.98 Å². The van der Waals surface area contributed by atoms with E-state index >= 15 is 0 Å². The second kappa shape index (κ2) is 3.79. The molecule has 1 atom stereocenters. The van der Waals surface area contributed by atoms with Gasteiger partial charge in [-0.1, -0.05) is 38.1 Å². The fourth-order valence-electron chi connectivity index (χ4n) is 1.57. The minimum Gasteiger partial charge on any atom is -0.253 e. The summed E-state index contributed by atoms with van der Waals surface area (Å²) in [4.78, 5) is 4.65. The average Bonchev–Trinajstić information content (AvgIpc) is 2.27. The van der Waals surface area contributed by atoms with Crippen LogP contribution in [-0.2, 0) is 0 Å². The molecule has 1 aromatic heterocycles. The quantitative estimate of drug-likeness (QED) is 0.694. The SMILES string of the molecule is CCC(C)c1ccc2ccccc2n1. The maximum absolute atomic E-state index is 4.65. The first-order valence-electron chi connectivity index (χ1n) is 5.17. The second-order valence-corrected chi connectivity index (χ2v) is 3.74. The smallest absolute Gasteiger partial charge is 0.0705 e. The number of hydrogen-bond donors (Lipinski definition) is 0. The summed E-state index contributed by atoms with van der Waals surface area (Å²) in [6.07, 6.45) is 1.14. The van der Waals surface area contributed by atoms with Crippen molar-refractivity contribution in [2.45, 2.75) is 26.2 Å². The summed E-state index contributed by atoms with van der Waals surface area (Å²) in [5.74, 6) is 0.555. The van der Waals surface area contributed by atoms with Crippen molar-refractivity contribution in [3.63, 3.8) is 0 Å². The molecule has 1 unspecified atom stereocenters. The van der Waals surface area contributed by atoms with Gasteiger partial charge in [0.2, 0.25) is 0 Å². The highest BCUT2D eigenvalue weighted by molar-refractivity contribution is 5.78. The van der Waals surface area contributed by atoms with E-state index in [4.69, 9.17) is 0 Å². The van der Waals surface area contributed by atoms with E-state index in [9.17, 15) is 0 Å². The van der Waals surface area contributed by atoms with Gasteiger partial charge in [-0.05, 0) is 24.5 Å². The zero-order valence-electron chi connectivity index (χ0n) is 8.70. The molecular weight excluding hydrogens is 170 g/mol. The van der Waals surface area contributed by atoms with Gasteiger partial charge in [0.1, 0.15) is 0 Å². The third-order valence-electron chi connectivity index (χ3n) is 2.74. The number of rotatable bonds is 2. The first kappa shape index (κ1) is 9.20. The molecular formula is C13H15N. The summed E-state index contributed by atoms with van der Waals surface area (Å²) in [5.41, 5.74) is 2.30. The van der Waals surface area contributed by atoms with Crippen molar-refractivity contribution in [2.24, 2.45) is 0 Å². The van der Waals surface area contributed by atoms with E-state index in [1.165, 1.54) is 11.1 Å². The lowest BCUT2D eigenvalue weighted by Gasteiger charge is -2.08. The van der Waals surface area contributed by atoms with Gasteiger partial charge in [0, 0.05) is 11.1 Å². The van der Waals surface area contributed by atoms with Gasteiger partial charge in [-0.25, -0.2) is 0 Å². The van der Waals surface area contributed by atoms with Crippen molar-refractivity contribution in [3.8, 4) is 0 Å². The average molecular weight is 185 g/mol. The minimum atomic E-state index is 0.555. The van der Waals surface area contributed by atoms with E-state index in [-0.39, 0.29) is 0 Å². The topological polar surface area (TPSA) is 12.9 Å². The number of benzene rings is 1. The van der Waals surface area contributed by atoms with Crippen LogP contribution in [0.5, 0.6) is 0 Å². The van der Waals surface area contributed by atoms with Gasteiger partial charge < -0.3 is 0 Å². The standard InChI is InChI=1S/C13H15N/c1-3-10(2)12-9-8-11-6-4-5-7-13(11)14-12/h4-10H,3H2,1-2H3. The molecule has 72 valence electrons. The number of fused-ring (bicyclic) bond motifs is 1. The van der Waals surface area contributed by atoms with Crippen molar-refractivity contribution < 1.29 is 0 Å². The van der Waals surface area contributed by atoms with E-state index < -0.39 is 0 Å². The molecule has 0 aliphatic carbocycles. The highest BCUT2D eigenvalue weighted by atomic mass is 14.7. The molecule has 2 rings (SSSR count). The van der Waals surface area contributed by atoms with Crippen LogP contribution in [0.3, 0.4) is 0 Å². The van der Waals surface area contributed by atoms with E-state index in [2.05, 4.69) is 43.1 Å². The number of para-hydroxylation sites is 1. The maximum atomic E-state index is 4.65. The summed E-state index contributed by atoms with van der Waals surface area (Å²) in [6, 6.07) is 12.5. The molecule has 0 amide bonds. The Labute approximate surface area is 84.8 Å². The molecule has 0 N–H and O–H groups in total. The molecule has 1 heteroatoms. The van der Waals surface area contributed by atoms with E-state index in [1.54, 1.807) is 0 Å². The largest absolute Gasteiger partial charge is 0.253 e. The number of aromatic nitrogens is 1. The van der Waals surface area contributed by atoms with Gasteiger partial charge in [0.15, 0.2) is 0 Å². The summed E-state index contributed by atoms with van der Waals surface area (Å²) >= 11 is 0. The second-order valence-electron chi connectivity index (χ2n) is 3.74. The Morgan fingerprint density at radius 2 is 1.93 bits per heavy atom. The van der Waals surface area contributed by atoms with Crippen molar-refractivity contribution in [3.05, 3.63) is 42.1 Å². The van der Waals surface area contributed by atoms with Gasteiger partial charge in [-0.2, -0.15) is 0 Å². The molecule has 14 heavy (non-hydrogen) atoms. The van der Waals surface area contributed by atoms with Crippen LogP contribution in [0.1, 0.15) is 31.9 Å². The van der Waals surface area contributed by atoms with Crippen LogP contribution in [0.2, 0.25) is 0 Å². The number of nitrogens with zero attached hydrogens (tertiary/aromatic N) is 1. The first-order valence-corrected chi connectivity index (χ1v) is 5.17. The molecule has 0 spiro atoms. The van der Waals surface area contributed by atoms with E-state index in [1.807, 2.05) is 12.1 Å². The zero-order chi connectivity index (χ0) is 9.97. The first-order chi connectivity index (χ1) is 6.81. The Balaban J connectivity index is 2.51. The molecule has 0 aliphatic rings. The summed E-state index contributed by atoms with van der Waals surface area (Å²) < 4.78 is 0. The fraction of sp³-hybridized carbons (Fsp3) is 0.308. The third kappa shape index (κ3) is 1.63. The van der Waals surface area contributed by atoms with Gasteiger partial charge in [0.05, 0.1) is 5.52 Å². The van der Waals surface area contributed by atoms with Crippen LogP contribution in [0.4, 0.5) is 0 Å². The van der Waals surface area contributed by atoms with Crippen LogP contribution in [0.25, 0.3) is 10.9 Å². The minimum absolute atomic E-state index is 0.555. The van der Waals surface area contributed by atoms with E-state index in [0.717, 1.165) is 11.9 Å². The van der Waals surface area contributed by atoms with Crippen LogP contribution in [-0.4, -0.2) is 4.98 Å². The van der Waals surface area contributed by atoms with Crippen molar-refractivity contribution in [2.75, 3.05) is 0 Å². The molecule has 0 saturated heterocycles. The normalized spacial score (nSPS) is 13.0. The highest BCUT2D eigenvalue weighted by Crippen LogP contribution is 2.19. The Bertz CT molecular complexity index is 434. The van der Waals surface area contributed by atoms with Gasteiger partial charge in [0.25, 0.3) is 0 Å². The Morgan fingerprint density at radius 3 is 2.71 bits per heavy atom. The highest BCUT2D eigenvalue weighted by Gasteiger charge is 2.04. The number of pyridine rings is 1. The molecule has 2 aromatic rings. The van der Waals surface area contributed by atoms with Crippen LogP contribution >= 0.6 is 0 Å². The number of hydrogen-bond acceptors (Lipinski definition) is 1. The maximum Gasteiger partial charge on any atom is 0.0705 e. The predicted molar refractivity (Wildman–Crippen MR) is 60.4 cm³/mol. The lowest BCUT2D eigenvalue weighted by Crippen LogP contribution is -1.95. The molecule has 0 aliphatic heterocycles. The third-order valence-corrected chi connectivity index (χ3v) is 2.74. The molecule has 0 fully saturated rings. The van der Waals surface area contributed by atoms with Crippen molar-refractivity contribution in [1.82, 2.24) is 4.98 Å². The Morgan fingerprint density at radius 1 is 1.14 bits per heavy atom. The molecule has 0 bridgehead atoms. The lowest BCUT2D eigenvalue weighted by atomic mass is 10.0. The Kier molecular flexibility index (Phi) is 2.49. The van der Waals surface area contributed by atoms with Crippen LogP contribution < -0.4 is 0 Å². The molecule has 1 nitrogen and oxygen atoms in total. The van der Waals surface area contributed by atoms with E-state index in [0.29, 0.717) is 5.92 Å². The molecule has 0 saturated carbocycles. The predicted octanol–water partition coefficient (Wildman–Crippen LogP) is 3.75. The van der Waals surface area contributed by atoms with Crippen LogP contribution in [0, 0.1) is 0 Å². The van der Waals surface area contributed by atoms with Gasteiger partial charge in [-0.15, -0.1) is 0 Å². The van der Waals surface area contributed by atoms with Crippen molar-refractivity contribution in [1.29, 1.82) is 0 Å².